The Morgan fingerprint density at radius 3 is 2.57 bits per heavy atom. The van der Waals surface area contributed by atoms with E-state index in [4.69, 9.17) is 16.3 Å². The molecule has 0 heterocycles. The lowest BCUT2D eigenvalue weighted by Gasteiger charge is -2.31. The van der Waals surface area contributed by atoms with Gasteiger partial charge in [0.15, 0.2) is 0 Å². The van der Waals surface area contributed by atoms with E-state index in [0.29, 0.717) is 35.2 Å². The summed E-state index contributed by atoms with van der Waals surface area (Å²) in [5.41, 5.74) is 0.694. The molecule has 1 aromatic rings. The first kappa shape index (κ1) is 16.6. The highest BCUT2D eigenvalue weighted by molar-refractivity contribution is 7.89. The molecule has 0 aliphatic heterocycles. The van der Waals surface area contributed by atoms with Gasteiger partial charge in [0.1, 0.15) is 5.75 Å². The van der Waals surface area contributed by atoms with Crippen LogP contribution in [0.4, 0.5) is 0 Å². The van der Waals surface area contributed by atoms with Crippen LogP contribution in [0.1, 0.15) is 31.7 Å². The minimum Gasteiger partial charge on any atom is -0.496 e. The molecular weight excluding hydrogens is 310 g/mol. The molecule has 0 radical (unpaired) electrons. The Labute approximate surface area is 132 Å². The zero-order valence-corrected chi connectivity index (χ0v) is 14.1. The lowest BCUT2D eigenvalue weighted by Crippen LogP contribution is -2.37. The zero-order chi connectivity index (χ0) is 15.5. The molecular formula is C15H22ClNO3S. The monoisotopic (exact) mass is 331 g/mol. The molecule has 0 bridgehead atoms. The third kappa shape index (κ3) is 3.52. The van der Waals surface area contributed by atoms with Crippen molar-refractivity contribution in [2.45, 2.75) is 37.0 Å². The minimum absolute atomic E-state index is 0.223. The Morgan fingerprint density at radius 1 is 1.38 bits per heavy atom. The molecule has 118 valence electrons. The van der Waals surface area contributed by atoms with Crippen molar-refractivity contribution in [2.75, 3.05) is 20.2 Å². The molecule has 4 nitrogen and oxygen atoms in total. The predicted octanol–water partition coefficient (Wildman–Crippen LogP) is 3.24. The van der Waals surface area contributed by atoms with Crippen molar-refractivity contribution in [3.8, 4) is 5.75 Å². The summed E-state index contributed by atoms with van der Waals surface area (Å²) >= 11 is 5.87. The highest BCUT2D eigenvalue weighted by Gasteiger charge is 2.28. The van der Waals surface area contributed by atoms with E-state index in [0.717, 1.165) is 12.8 Å². The fourth-order valence-electron chi connectivity index (χ4n) is 2.53. The van der Waals surface area contributed by atoms with Crippen LogP contribution in [0.25, 0.3) is 0 Å². The van der Waals surface area contributed by atoms with Gasteiger partial charge in [-0.2, -0.15) is 4.31 Å². The number of hydrogen-bond donors (Lipinski definition) is 0. The van der Waals surface area contributed by atoms with Crippen molar-refractivity contribution in [3.05, 3.63) is 23.8 Å². The Hall–Kier alpha value is -0.780. The molecule has 0 saturated heterocycles. The summed E-state index contributed by atoms with van der Waals surface area (Å²) in [4.78, 5) is 0.292. The second kappa shape index (κ2) is 6.99. The van der Waals surface area contributed by atoms with Gasteiger partial charge < -0.3 is 4.74 Å². The van der Waals surface area contributed by atoms with E-state index < -0.39 is 10.0 Å². The molecule has 21 heavy (non-hydrogen) atoms. The summed E-state index contributed by atoms with van der Waals surface area (Å²) in [6.45, 7) is 2.98. The first-order chi connectivity index (χ1) is 10.0. The maximum Gasteiger partial charge on any atom is 0.243 e. The van der Waals surface area contributed by atoms with Crippen LogP contribution >= 0.6 is 11.6 Å². The first-order valence-corrected chi connectivity index (χ1v) is 9.23. The second-order valence-corrected chi connectivity index (χ2v) is 7.57. The summed E-state index contributed by atoms with van der Waals surface area (Å²) in [5.74, 6) is 1.35. The van der Waals surface area contributed by atoms with Gasteiger partial charge in [-0.15, -0.1) is 11.6 Å². The van der Waals surface area contributed by atoms with Crippen LogP contribution in [0.2, 0.25) is 0 Å². The van der Waals surface area contributed by atoms with Crippen LogP contribution in [0.15, 0.2) is 23.1 Å². The SMILES string of the molecule is CCN(CC1CCC1)S(=O)(=O)c1ccc(OC)c(CCl)c1. The van der Waals surface area contributed by atoms with E-state index in [9.17, 15) is 8.42 Å². The van der Waals surface area contributed by atoms with Gasteiger partial charge in [0.05, 0.1) is 17.9 Å². The molecule has 1 fully saturated rings. The van der Waals surface area contributed by atoms with Crippen molar-refractivity contribution in [1.82, 2.24) is 4.31 Å². The van der Waals surface area contributed by atoms with Gasteiger partial charge in [0.2, 0.25) is 10.0 Å². The molecule has 1 aromatic carbocycles. The zero-order valence-electron chi connectivity index (χ0n) is 12.5. The standard InChI is InChI=1S/C15H22ClNO3S/c1-3-17(11-12-5-4-6-12)21(18,19)14-7-8-15(20-2)13(9-14)10-16/h7-9,12H,3-6,10-11H2,1-2H3. The number of ether oxygens (including phenoxy) is 1. The van der Waals surface area contributed by atoms with Crippen LogP contribution < -0.4 is 4.74 Å². The fourth-order valence-corrected chi connectivity index (χ4v) is 4.31. The number of halogens is 1. The van der Waals surface area contributed by atoms with Gasteiger partial charge in [-0.3, -0.25) is 0 Å². The van der Waals surface area contributed by atoms with E-state index in [1.807, 2.05) is 6.92 Å². The molecule has 1 aliphatic rings. The molecule has 1 saturated carbocycles. The van der Waals surface area contributed by atoms with Crippen LogP contribution in [0, 0.1) is 5.92 Å². The molecule has 0 amide bonds. The van der Waals surface area contributed by atoms with E-state index in [-0.39, 0.29) is 5.88 Å². The van der Waals surface area contributed by atoms with Crippen LogP contribution in [-0.2, 0) is 15.9 Å². The van der Waals surface area contributed by atoms with Crippen molar-refractivity contribution >= 4 is 21.6 Å². The Kier molecular flexibility index (Phi) is 5.52. The number of methoxy groups -OCH3 is 1. The van der Waals surface area contributed by atoms with Gasteiger partial charge in [0.25, 0.3) is 0 Å². The quantitative estimate of drug-likeness (QED) is 0.720. The van der Waals surface area contributed by atoms with Crippen molar-refractivity contribution in [2.24, 2.45) is 5.92 Å². The van der Waals surface area contributed by atoms with Crippen molar-refractivity contribution < 1.29 is 13.2 Å². The number of rotatable bonds is 7. The largest absolute Gasteiger partial charge is 0.496 e. The minimum atomic E-state index is -3.46. The number of alkyl halides is 1. The van der Waals surface area contributed by atoms with Gasteiger partial charge in [0, 0.05) is 18.7 Å². The van der Waals surface area contributed by atoms with E-state index in [2.05, 4.69) is 0 Å². The number of benzene rings is 1. The summed E-state index contributed by atoms with van der Waals surface area (Å²) in [6, 6.07) is 4.88. The van der Waals surface area contributed by atoms with Gasteiger partial charge in [-0.05, 0) is 37.0 Å². The molecule has 6 heteroatoms. The highest BCUT2D eigenvalue weighted by atomic mass is 35.5. The van der Waals surface area contributed by atoms with Crippen molar-refractivity contribution in [3.63, 3.8) is 0 Å². The Bertz CT molecular complexity index is 585. The second-order valence-electron chi connectivity index (χ2n) is 5.36. The first-order valence-electron chi connectivity index (χ1n) is 7.26. The molecule has 0 spiro atoms. The average Bonchev–Trinajstić information content (AvgIpc) is 2.45. The summed E-state index contributed by atoms with van der Waals surface area (Å²) in [6.07, 6.45) is 3.46. The third-order valence-corrected chi connectivity index (χ3v) is 6.30. The van der Waals surface area contributed by atoms with Gasteiger partial charge in [-0.25, -0.2) is 8.42 Å². The summed E-state index contributed by atoms with van der Waals surface area (Å²) < 4.78 is 32.3. The van der Waals surface area contributed by atoms with Crippen LogP contribution in [0.3, 0.4) is 0 Å². The third-order valence-electron chi connectivity index (χ3n) is 4.07. The highest BCUT2D eigenvalue weighted by Crippen LogP contribution is 2.30. The summed E-state index contributed by atoms with van der Waals surface area (Å²) in [5, 5.41) is 0. The molecule has 1 aliphatic carbocycles. The summed E-state index contributed by atoms with van der Waals surface area (Å²) in [7, 11) is -1.91. The lowest BCUT2D eigenvalue weighted by molar-refractivity contribution is 0.250. The van der Waals surface area contributed by atoms with Gasteiger partial charge >= 0.3 is 0 Å². The number of hydrogen-bond acceptors (Lipinski definition) is 3. The number of sulfonamides is 1. The van der Waals surface area contributed by atoms with E-state index in [1.54, 1.807) is 29.6 Å². The smallest absolute Gasteiger partial charge is 0.243 e. The van der Waals surface area contributed by atoms with E-state index >= 15 is 0 Å². The topological polar surface area (TPSA) is 46.6 Å². The van der Waals surface area contributed by atoms with Crippen molar-refractivity contribution in [1.29, 1.82) is 0 Å². The van der Waals surface area contributed by atoms with E-state index in [1.165, 1.54) is 6.42 Å². The average molecular weight is 332 g/mol. The Balaban J connectivity index is 2.28. The maximum absolute atomic E-state index is 12.7. The number of nitrogens with zero attached hydrogens (tertiary/aromatic N) is 1. The predicted molar refractivity (Wildman–Crippen MR) is 84.3 cm³/mol. The molecule has 0 aromatic heterocycles. The fraction of sp³-hybridized carbons (Fsp3) is 0.600. The lowest BCUT2D eigenvalue weighted by atomic mass is 9.85. The molecule has 0 N–H and O–H groups in total. The maximum atomic E-state index is 12.7. The molecule has 2 rings (SSSR count). The Morgan fingerprint density at radius 2 is 2.10 bits per heavy atom. The van der Waals surface area contributed by atoms with Crippen LogP contribution in [-0.4, -0.2) is 32.9 Å². The van der Waals surface area contributed by atoms with Gasteiger partial charge in [-0.1, -0.05) is 13.3 Å². The normalized spacial score (nSPS) is 16.0. The molecule has 0 atom stereocenters. The van der Waals surface area contributed by atoms with Crippen LogP contribution in [0.5, 0.6) is 5.75 Å². The molecule has 0 unspecified atom stereocenters.